The summed E-state index contributed by atoms with van der Waals surface area (Å²) < 4.78 is 1.56. The van der Waals surface area contributed by atoms with Crippen molar-refractivity contribution >= 4 is 17.3 Å². The van der Waals surface area contributed by atoms with Crippen molar-refractivity contribution < 1.29 is 0 Å². The number of nitrogen functional groups attached to an aromatic ring is 1. The summed E-state index contributed by atoms with van der Waals surface area (Å²) in [6.07, 6.45) is 6.02. The Hall–Kier alpha value is -1.03. The predicted molar refractivity (Wildman–Crippen MR) is 71.2 cm³/mol. The zero-order valence-corrected chi connectivity index (χ0v) is 11.2. The van der Waals surface area contributed by atoms with Crippen LogP contribution in [0.15, 0.2) is 11.1 Å². The molecule has 0 spiro atoms. The van der Waals surface area contributed by atoms with E-state index in [0.29, 0.717) is 12.5 Å². The second-order valence-electron chi connectivity index (χ2n) is 4.32. The van der Waals surface area contributed by atoms with Crippen LogP contribution < -0.4 is 11.3 Å². The maximum absolute atomic E-state index is 11.8. The van der Waals surface area contributed by atoms with E-state index in [1.165, 1.54) is 19.2 Å². The van der Waals surface area contributed by atoms with Crippen LogP contribution in [0.5, 0.6) is 0 Å². The number of hydrogen-bond acceptors (Lipinski definition) is 3. The van der Waals surface area contributed by atoms with E-state index in [-0.39, 0.29) is 16.4 Å². The number of anilines is 1. The Balaban J connectivity index is 2.80. The number of halogens is 1. The van der Waals surface area contributed by atoms with E-state index in [1.54, 1.807) is 4.57 Å². The first-order chi connectivity index (χ1) is 8.10. The van der Waals surface area contributed by atoms with Gasteiger partial charge in [0.25, 0.3) is 5.56 Å². The molecule has 1 aromatic heterocycles. The van der Waals surface area contributed by atoms with Crippen molar-refractivity contribution in [3.63, 3.8) is 0 Å². The number of rotatable bonds is 6. The van der Waals surface area contributed by atoms with Gasteiger partial charge in [-0.2, -0.15) is 0 Å². The number of nitrogens with two attached hydrogens (primary N) is 1. The molecule has 0 bridgehead atoms. The van der Waals surface area contributed by atoms with Crippen molar-refractivity contribution in [1.29, 1.82) is 0 Å². The van der Waals surface area contributed by atoms with E-state index in [9.17, 15) is 4.79 Å². The molecule has 17 heavy (non-hydrogen) atoms. The highest BCUT2D eigenvalue weighted by Gasteiger charge is 2.11. The van der Waals surface area contributed by atoms with E-state index in [1.807, 2.05) is 0 Å². The molecule has 0 saturated carbocycles. The molecule has 0 amide bonds. The number of nitrogens with zero attached hydrogens (tertiary/aromatic N) is 2. The lowest BCUT2D eigenvalue weighted by Gasteiger charge is -2.16. The number of hydrogen-bond donors (Lipinski definition) is 1. The van der Waals surface area contributed by atoms with E-state index < -0.39 is 0 Å². The Morgan fingerprint density at radius 3 is 2.82 bits per heavy atom. The Labute approximate surface area is 107 Å². The molecular weight excluding hydrogens is 238 g/mol. The van der Waals surface area contributed by atoms with Crippen molar-refractivity contribution in [1.82, 2.24) is 9.55 Å². The van der Waals surface area contributed by atoms with Gasteiger partial charge in [0.2, 0.25) is 0 Å². The number of unbranched alkanes of at least 4 members (excludes halogenated alkanes) is 1. The van der Waals surface area contributed by atoms with Gasteiger partial charge >= 0.3 is 0 Å². The van der Waals surface area contributed by atoms with Crippen molar-refractivity contribution in [3.05, 3.63) is 21.8 Å². The molecule has 0 aliphatic heterocycles. The SMILES string of the molecule is CCCCC(CC)Cn1cnc(Cl)c(N)c1=O. The molecule has 0 aliphatic carbocycles. The van der Waals surface area contributed by atoms with Gasteiger partial charge in [0.15, 0.2) is 5.15 Å². The standard InChI is InChI=1S/C12H20ClN3O/c1-3-5-6-9(4-2)7-16-8-15-11(13)10(14)12(16)17/h8-9H,3-7,14H2,1-2H3. The molecule has 0 aromatic carbocycles. The minimum atomic E-state index is -0.236. The number of aromatic nitrogens is 2. The quantitative estimate of drug-likeness (QED) is 0.797. The summed E-state index contributed by atoms with van der Waals surface area (Å²) in [6, 6.07) is 0. The average molecular weight is 258 g/mol. The summed E-state index contributed by atoms with van der Waals surface area (Å²) in [5.41, 5.74) is 5.38. The van der Waals surface area contributed by atoms with Gasteiger partial charge in [-0.25, -0.2) is 4.98 Å². The van der Waals surface area contributed by atoms with Crippen LogP contribution in [0.25, 0.3) is 0 Å². The highest BCUT2D eigenvalue weighted by Crippen LogP contribution is 2.15. The van der Waals surface area contributed by atoms with E-state index in [4.69, 9.17) is 17.3 Å². The molecule has 0 fully saturated rings. The topological polar surface area (TPSA) is 60.9 Å². The van der Waals surface area contributed by atoms with Crippen LogP contribution in [0.4, 0.5) is 5.69 Å². The molecule has 96 valence electrons. The van der Waals surface area contributed by atoms with Gasteiger partial charge in [-0.3, -0.25) is 9.36 Å². The summed E-state index contributed by atoms with van der Waals surface area (Å²) in [7, 11) is 0. The van der Waals surface area contributed by atoms with Gasteiger partial charge in [0.1, 0.15) is 5.69 Å². The van der Waals surface area contributed by atoms with Gasteiger partial charge in [-0.05, 0) is 12.3 Å². The van der Waals surface area contributed by atoms with Crippen molar-refractivity contribution in [3.8, 4) is 0 Å². The lowest BCUT2D eigenvalue weighted by molar-refractivity contribution is 0.383. The Morgan fingerprint density at radius 2 is 2.24 bits per heavy atom. The molecule has 0 radical (unpaired) electrons. The molecule has 1 atom stereocenters. The van der Waals surface area contributed by atoms with Gasteiger partial charge < -0.3 is 5.73 Å². The maximum atomic E-state index is 11.8. The summed E-state index contributed by atoms with van der Waals surface area (Å²) >= 11 is 5.69. The minimum Gasteiger partial charge on any atom is -0.392 e. The maximum Gasteiger partial charge on any atom is 0.278 e. The largest absolute Gasteiger partial charge is 0.392 e. The molecule has 1 unspecified atom stereocenters. The molecule has 4 nitrogen and oxygen atoms in total. The van der Waals surface area contributed by atoms with Crippen LogP contribution in [0.2, 0.25) is 5.15 Å². The van der Waals surface area contributed by atoms with Gasteiger partial charge in [0.05, 0.1) is 6.33 Å². The van der Waals surface area contributed by atoms with Crippen LogP contribution in [0, 0.1) is 5.92 Å². The lowest BCUT2D eigenvalue weighted by atomic mass is 9.99. The van der Waals surface area contributed by atoms with Crippen molar-refractivity contribution in [2.45, 2.75) is 46.1 Å². The molecule has 1 aromatic rings. The monoisotopic (exact) mass is 257 g/mol. The Kier molecular flexibility index (Phi) is 5.48. The molecule has 5 heteroatoms. The fraction of sp³-hybridized carbons (Fsp3) is 0.667. The summed E-state index contributed by atoms with van der Waals surface area (Å²) in [5, 5.41) is 0.0906. The fourth-order valence-corrected chi connectivity index (χ4v) is 1.94. The zero-order chi connectivity index (χ0) is 12.8. The summed E-state index contributed by atoms with van der Waals surface area (Å²) in [4.78, 5) is 15.7. The van der Waals surface area contributed by atoms with Crippen LogP contribution in [0.1, 0.15) is 39.5 Å². The molecule has 0 aliphatic rings. The first-order valence-electron chi connectivity index (χ1n) is 6.10. The lowest BCUT2D eigenvalue weighted by Crippen LogP contribution is -2.26. The smallest absolute Gasteiger partial charge is 0.278 e. The second-order valence-corrected chi connectivity index (χ2v) is 4.68. The van der Waals surface area contributed by atoms with Crippen LogP contribution in [-0.4, -0.2) is 9.55 Å². The fourth-order valence-electron chi connectivity index (χ4n) is 1.81. The third-order valence-corrected chi connectivity index (χ3v) is 3.32. The highest BCUT2D eigenvalue weighted by atomic mass is 35.5. The molecule has 0 saturated heterocycles. The van der Waals surface area contributed by atoms with E-state index in [0.717, 1.165) is 12.8 Å². The first-order valence-corrected chi connectivity index (χ1v) is 6.48. The van der Waals surface area contributed by atoms with Crippen LogP contribution >= 0.6 is 11.6 Å². The minimum absolute atomic E-state index is 0.0412. The summed E-state index contributed by atoms with van der Waals surface area (Å²) in [6.45, 7) is 4.97. The molecule has 2 N–H and O–H groups in total. The predicted octanol–water partition coefficient (Wildman–Crippen LogP) is 2.70. The highest BCUT2D eigenvalue weighted by molar-refractivity contribution is 6.31. The van der Waals surface area contributed by atoms with Gasteiger partial charge in [0, 0.05) is 6.54 Å². The van der Waals surface area contributed by atoms with E-state index in [2.05, 4.69) is 18.8 Å². The molecule has 1 heterocycles. The molecular formula is C12H20ClN3O. The van der Waals surface area contributed by atoms with Crippen molar-refractivity contribution in [2.75, 3.05) is 5.73 Å². The third-order valence-electron chi connectivity index (χ3n) is 3.02. The zero-order valence-electron chi connectivity index (χ0n) is 10.4. The molecule has 1 rings (SSSR count). The van der Waals surface area contributed by atoms with Crippen LogP contribution in [0.3, 0.4) is 0 Å². The summed E-state index contributed by atoms with van der Waals surface area (Å²) in [5.74, 6) is 0.495. The van der Waals surface area contributed by atoms with Crippen molar-refractivity contribution in [2.24, 2.45) is 5.92 Å². The van der Waals surface area contributed by atoms with Gasteiger partial charge in [-0.15, -0.1) is 0 Å². The normalized spacial score (nSPS) is 12.6. The van der Waals surface area contributed by atoms with E-state index >= 15 is 0 Å². The van der Waals surface area contributed by atoms with Gasteiger partial charge in [-0.1, -0.05) is 44.7 Å². The Morgan fingerprint density at radius 1 is 1.53 bits per heavy atom. The first kappa shape index (κ1) is 14.0. The Bertz CT molecular complexity index is 417. The second kappa shape index (κ2) is 6.64. The third kappa shape index (κ3) is 3.73. The van der Waals surface area contributed by atoms with Crippen LogP contribution in [-0.2, 0) is 6.54 Å². The average Bonchev–Trinajstić information content (AvgIpc) is 2.34.